The van der Waals surface area contributed by atoms with Crippen molar-refractivity contribution in [2.75, 3.05) is 6.61 Å². The van der Waals surface area contributed by atoms with Crippen molar-refractivity contribution in [1.82, 2.24) is 0 Å². The Balaban J connectivity index is 2.30. The summed E-state index contributed by atoms with van der Waals surface area (Å²) in [6.45, 7) is 2.89. The molecule has 0 spiro atoms. The van der Waals surface area contributed by atoms with E-state index in [0.717, 1.165) is 38.0 Å². The average Bonchev–Trinajstić information content (AvgIpc) is 2.40. The summed E-state index contributed by atoms with van der Waals surface area (Å²) in [5.41, 5.74) is 6.63. The van der Waals surface area contributed by atoms with Crippen molar-refractivity contribution in [3.63, 3.8) is 0 Å². The SMILES string of the molecule is CCCCOc1ccc(CCC[C@@H](N)C(=O)O)cc1. The molecule has 0 aliphatic heterocycles. The van der Waals surface area contributed by atoms with Crippen LogP contribution in [0, 0.1) is 0 Å². The van der Waals surface area contributed by atoms with Crippen molar-refractivity contribution >= 4 is 5.97 Å². The van der Waals surface area contributed by atoms with E-state index in [9.17, 15) is 4.79 Å². The molecule has 0 aromatic heterocycles. The third-order valence-corrected chi connectivity index (χ3v) is 2.99. The van der Waals surface area contributed by atoms with Gasteiger partial charge in [-0.1, -0.05) is 25.5 Å². The number of carboxylic acid groups (broad SMARTS) is 1. The fraction of sp³-hybridized carbons (Fsp3) is 0.533. The third kappa shape index (κ3) is 6.25. The van der Waals surface area contributed by atoms with Gasteiger partial charge in [0.15, 0.2) is 0 Å². The number of hydrogen-bond acceptors (Lipinski definition) is 3. The molecule has 3 N–H and O–H groups in total. The summed E-state index contributed by atoms with van der Waals surface area (Å²) in [6.07, 6.45) is 4.32. The lowest BCUT2D eigenvalue weighted by atomic mass is 10.1. The van der Waals surface area contributed by atoms with E-state index in [1.807, 2.05) is 24.3 Å². The maximum Gasteiger partial charge on any atom is 0.320 e. The predicted molar refractivity (Wildman–Crippen MR) is 75.4 cm³/mol. The summed E-state index contributed by atoms with van der Waals surface area (Å²) in [7, 11) is 0. The minimum absolute atomic E-state index is 0.504. The molecule has 1 rings (SSSR count). The number of unbranched alkanes of at least 4 members (excludes halogenated alkanes) is 1. The Kier molecular flexibility index (Phi) is 6.97. The van der Waals surface area contributed by atoms with Crippen molar-refractivity contribution < 1.29 is 14.6 Å². The van der Waals surface area contributed by atoms with E-state index in [4.69, 9.17) is 15.6 Å². The van der Waals surface area contributed by atoms with Crippen molar-refractivity contribution in [2.24, 2.45) is 5.73 Å². The van der Waals surface area contributed by atoms with E-state index < -0.39 is 12.0 Å². The van der Waals surface area contributed by atoms with E-state index in [-0.39, 0.29) is 0 Å². The molecule has 0 unspecified atom stereocenters. The topological polar surface area (TPSA) is 72.5 Å². The van der Waals surface area contributed by atoms with Crippen LogP contribution in [0.4, 0.5) is 0 Å². The zero-order chi connectivity index (χ0) is 14.1. The van der Waals surface area contributed by atoms with Gasteiger partial charge in [-0.25, -0.2) is 0 Å². The van der Waals surface area contributed by atoms with Crippen LogP contribution in [0.5, 0.6) is 5.75 Å². The van der Waals surface area contributed by atoms with E-state index in [1.165, 1.54) is 5.56 Å². The number of carboxylic acids is 1. The molecule has 1 atom stereocenters. The number of ether oxygens (including phenoxy) is 1. The van der Waals surface area contributed by atoms with Gasteiger partial charge in [0.05, 0.1) is 6.61 Å². The van der Waals surface area contributed by atoms with Crippen LogP contribution in [0.3, 0.4) is 0 Å². The van der Waals surface area contributed by atoms with Crippen molar-refractivity contribution in [3.8, 4) is 5.75 Å². The fourth-order valence-electron chi connectivity index (χ4n) is 1.74. The minimum atomic E-state index is -0.931. The van der Waals surface area contributed by atoms with Gasteiger partial charge in [0.25, 0.3) is 0 Å². The molecule has 4 nitrogen and oxygen atoms in total. The Morgan fingerprint density at radius 3 is 2.58 bits per heavy atom. The second-order valence-electron chi connectivity index (χ2n) is 4.68. The average molecular weight is 265 g/mol. The summed E-state index contributed by atoms with van der Waals surface area (Å²) in [5.74, 6) is -0.0425. The molecule has 0 saturated heterocycles. The zero-order valence-electron chi connectivity index (χ0n) is 11.5. The summed E-state index contributed by atoms with van der Waals surface area (Å²) in [4.78, 5) is 10.6. The van der Waals surface area contributed by atoms with Gasteiger partial charge in [0, 0.05) is 0 Å². The highest BCUT2D eigenvalue weighted by Gasteiger charge is 2.10. The van der Waals surface area contributed by atoms with Crippen LogP contribution in [-0.2, 0) is 11.2 Å². The molecule has 1 aromatic rings. The molecule has 4 heteroatoms. The van der Waals surface area contributed by atoms with E-state index in [2.05, 4.69) is 6.92 Å². The first kappa shape index (κ1) is 15.5. The smallest absolute Gasteiger partial charge is 0.320 e. The summed E-state index contributed by atoms with van der Waals surface area (Å²) in [6, 6.07) is 7.21. The minimum Gasteiger partial charge on any atom is -0.494 e. The lowest BCUT2D eigenvalue weighted by Crippen LogP contribution is -2.29. The van der Waals surface area contributed by atoms with Crippen LogP contribution in [0.1, 0.15) is 38.2 Å². The lowest BCUT2D eigenvalue weighted by Gasteiger charge is -2.08. The second kappa shape index (κ2) is 8.53. The molecule has 0 fully saturated rings. The lowest BCUT2D eigenvalue weighted by molar-refractivity contribution is -0.138. The second-order valence-corrected chi connectivity index (χ2v) is 4.68. The van der Waals surface area contributed by atoms with Crippen LogP contribution in [0.25, 0.3) is 0 Å². The largest absolute Gasteiger partial charge is 0.494 e. The molecular formula is C15H23NO3. The summed E-state index contributed by atoms with van der Waals surface area (Å²) >= 11 is 0. The maximum atomic E-state index is 10.6. The Labute approximate surface area is 114 Å². The number of aryl methyl sites for hydroxylation is 1. The number of aliphatic carboxylic acids is 1. The molecule has 0 amide bonds. The number of rotatable bonds is 9. The van der Waals surface area contributed by atoms with E-state index in [1.54, 1.807) is 0 Å². The highest BCUT2D eigenvalue weighted by atomic mass is 16.5. The molecule has 0 bridgehead atoms. The number of nitrogens with two attached hydrogens (primary N) is 1. The monoisotopic (exact) mass is 265 g/mol. The number of carbonyl (C=O) groups is 1. The highest BCUT2D eigenvalue weighted by molar-refractivity contribution is 5.72. The molecule has 0 aliphatic carbocycles. The van der Waals surface area contributed by atoms with Crippen molar-refractivity contribution in [2.45, 2.75) is 45.1 Å². The Hall–Kier alpha value is -1.55. The molecule has 0 heterocycles. The van der Waals surface area contributed by atoms with Gasteiger partial charge in [-0.05, 0) is 43.4 Å². The molecular weight excluding hydrogens is 242 g/mol. The predicted octanol–water partition coefficient (Wildman–Crippen LogP) is 2.60. The van der Waals surface area contributed by atoms with Gasteiger partial charge >= 0.3 is 5.97 Å². The molecule has 0 saturated carbocycles. The third-order valence-electron chi connectivity index (χ3n) is 2.99. The van der Waals surface area contributed by atoms with Gasteiger partial charge < -0.3 is 15.6 Å². The first-order valence-corrected chi connectivity index (χ1v) is 6.83. The quantitative estimate of drug-likeness (QED) is 0.673. The number of hydrogen-bond donors (Lipinski definition) is 2. The molecule has 1 aromatic carbocycles. The molecule has 19 heavy (non-hydrogen) atoms. The maximum absolute atomic E-state index is 10.6. The fourth-order valence-corrected chi connectivity index (χ4v) is 1.74. The van der Waals surface area contributed by atoms with Gasteiger partial charge in [0.1, 0.15) is 11.8 Å². The Morgan fingerprint density at radius 1 is 1.32 bits per heavy atom. The van der Waals surface area contributed by atoms with Crippen molar-refractivity contribution in [1.29, 1.82) is 0 Å². The van der Waals surface area contributed by atoms with Crippen LogP contribution >= 0.6 is 0 Å². The standard InChI is InChI=1S/C15H23NO3/c1-2-3-11-19-13-9-7-12(8-10-13)5-4-6-14(16)15(17)18/h7-10,14H,2-6,11,16H2,1H3,(H,17,18)/t14-/m1/s1. The first-order valence-electron chi connectivity index (χ1n) is 6.83. The van der Waals surface area contributed by atoms with Crippen LogP contribution in [0.15, 0.2) is 24.3 Å². The molecule has 106 valence electrons. The van der Waals surface area contributed by atoms with Crippen LogP contribution in [-0.4, -0.2) is 23.7 Å². The van der Waals surface area contributed by atoms with Gasteiger partial charge in [-0.15, -0.1) is 0 Å². The van der Waals surface area contributed by atoms with Crippen LogP contribution in [0.2, 0.25) is 0 Å². The van der Waals surface area contributed by atoms with Gasteiger partial charge in [-0.3, -0.25) is 4.79 Å². The summed E-state index contributed by atoms with van der Waals surface area (Å²) in [5, 5.41) is 8.68. The number of benzene rings is 1. The Bertz CT molecular complexity index is 375. The highest BCUT2D eigenvalue weighted by Crippen LogP contribution is 2.14. The van der Waals surface area contributed by atoms with Crippen molar-refractivity contribution in [3.05, 3.63) is 29.8 Å². The van der Waals surface area contributed by atoms with Crippen LogP contribution < -0.4 is 10.5 Å². The summed E-state index contributed by atoms with van der Waals surface area (Å²) < 4.78 is 5.58. The molecule has 0 radical (unpaired) electrons. The van der Waals surface area contributed by atoms with E-state index in [0.29, 0.717) is 6.42 Å². The molecule has 0 aliphatic rings. The normalized spacial score (nSPS) is 12.1. The first-order chi connectivity index (χ1) is 9.13. The van der Waals surface area contributed by atoms with Gasteiger partial charge in [0.2, 0.25) is 0 Å². The zero-order valence-corrected chi connectivity index (χ0v) is 11.5. The van der Waals surface area contributed by atoms with Gasteiger partial charge in [-0.2, -0.15) is 0 Å². The Morgan fingerprint density at radius 2 is 2.00 bits per heavy atom. The van der Waals surface area contributed by atoms with E-state index >= 15 is 0 Å².